The summed E-state index contributed by atoms with van der Waals surface area (Å²) in [6, 6.07) is 1.71. The van der Waals surface area contributed by atoms with Crippen LogP contribution in [0.2, 0.25) is 0 Å². The summed E-state index contributed by atoms with van der Waals surface area (Å²) in [7, 11) is 1.56. The van der Waals surface area contributed by atoms with Gasteiger partial charge >= 0.3 is 0 Å². The number of halogens is 2. The number of benzene rings is 1. The van der Waals surface area contributed by atoms with Crippen LogP contribution in [0.25, 0.3) is 0 Å². The van der Waals surface area contributed by atoms with Crippen LogP contribution in [-0.2, 0) is 6.42 Å². The van der Waals surface area contributed by atoms with E-state index in [4.69, 9.17) is 4.74 Å². The quantitative estimate of drug-likeness (QED) is 0.273. The Kier molecular flexibility index (Phi) is 10.0. The fraction of sp³-hybridized carbons (Fsp3) is 0.680. The first-order valence-electron chi connectivity index (χ1n) is 11.3. The third-order valence-electron chi connectivity index (χ3n) is 6.20. The van der Waals surface area contributed by atoms with Gasteiger partial charge < -0.3 is 4.74 Å². The lowest BCUT2D eigenvalue weighted by atomic mass is 9.76. The molecule has 1 aromatic rings. The summed E-state index contributed by atoms with van der Waals surface area (Å²) < 4.78 is 35.2. The van der Waals surface area contributed by atoms with Gasteiger partial charge in [0.05, 0.1) is 7.11 Å². The second-order valence-corrected chi connectivity index (χ2v) is 8.31. The number of ether oxygens (including phenoxy) is 1. The molecule has 2 rings (SSSR count). The third-order valence-corrected chi connectivity index (χ3v) is 6.20. The molecule has 28 heavy (non-hydrogen) atoms. The van der Waals surface area contributed by atoms with Crippen LogP contribution in [-0.4, -0.2) is 7.11 Å². The minimum atomic E-state index is -0.694. The van der Waals surface area contributed by atoms with Crippen molar-refractivity contribution in [2.45, 2.75) is 96.8 Å². The molecule has 0 spiro atoms. The highest BCUT2D eigenvalue weighted by Crippen LogP contribution is 2.43. The highest BCUT2D eigenvalue weighted by Gasteiger charge is 2.29. The average molecular weight is 393 g/mol. The van der Waals surface area contributed by atoms with Crippen molar-refractivity contribution in [3.05, 3.63) is 41.0 Å². The Morgan fingerprint density at radius 3 is 2.32 bits per heavy atom. The lowest BCUT2D eigenvalue weighted by molar-refractivity contribution is 0.290. The maximum absolute atomic E-state index is 15.0. The molecule has 158 valence electrons. The molecule has 1 fully saturated rings. The van der Waals surface area contributed by atoms with Crippen LogP contribution < -0.4 is 4.74 Å². The maximum atomic E-state index is 15.0. The van der Waals surface area contributed by atoms with Crippen LogP contribution >= 0.6 is 0 Å². The van der Waals surface area contributed by atoms with E-state index < -0.39 is 11.6 Å². The van der Waals surface area contributed by atoms with E-state index in [2.05, 4.69) is 19.9 Å². The predicted octanol–water partition coefficient (Wildman–Crippen LogP) is 8.12. The zero-order valence-electron chi connectivity index (χ0n) is 18.0. The first-order chi connectivity index (χ1) is 13.6. The number of rotatable bonds is 11. The number of hydrogen-bond donors (Lipinski definition) is 0. The van der Waals surface area contributed by atoms with Crippen molar-refractivity contribution >= 4 is 0 Å². The lowest BCUT2D eigenvalue weighted by Gasteiger charge is -2.30. The van der Waals surface area contributed by atoms with Crippen molar-refractivity contribution in [3.63, 3.8) is 0 Å². The van der Waals surface area contributed by atoms with Crippen LogP contribution in [0.15, 0.2) is 18.2 Å². The van der Waals surface area contributed by atoms with Gasteiger partial charge in [-0.1, -0.05) is 64.5 Å². The van der Waals surface area contributed by atoms with E-state index in [1.807, 2.05) is 6.08 Å². The molecule has 0 amide bonds. The molecule has 0 bridgehead atoms. The van der Waals surface area contributed by atoms with Gasteiger partial charge in [0, 0.05) is 5.56 Å². The van der Waals surface area contributed by atoms with Gasteiger partial charge in [-0.2, -0.15) is 0 Å². The van der Waals surface area contributed by atoms with Crippen LogP contribution in [0.4, 0.5) is 8.78 Å². The molecule has 0 N–H and O–H groups in total. The summed E-state index contributed by atoms with van der Waals surface area (Å²) in [4.78, 5) is 0. The molecule has 0 radical (unpaired) electrons. The van der Waals surface area contributed by atoms with Gasteiger partial charge in [-0.25, -0.2) is 8.78 Å². The fourth-order valence-electron chi connectivity index (χ4n) is 4.44. The molecule has 0 unspecified atom stereocenters. The minimum absolute atomic E-state index is 0.0704. The van der Waals surface area contributed by atoms with Gasteiger partial charge in [0.15, 0.2) is 11.6 Å². The van der Waals surface area contributed by atoms with Gasteiger partial charge in [-0.15, -0.1) is 0 Å². The molecule has 0 aliphatic heterocycles. The topological polar surface area (TPSA) is 9.23 Å². The lowest BCUT2D eigenvalue weighted by Crippen LogP contribution is -2.16. The molecule has 3 heteroatoms. The molecule has 1 aliphatic rings. The van der Waals surface area contributed by atoms with Gasteiger partial charge in [0.2, 0.25) is 0 Å². The molecule has 0 aromatic heterocycles. The van der Waals surface area contributed by atoms with Crippen molar-refractivity contribution < 1.29 is 13.5 Å². The van der Waals surface area contributed by atoms with E-state index in [9.17, 15) is 8.78 Å². The van der Waals surface area contributed by atoms with Crippen molar-refractivity contribution in [3.8, 4) is 5.75 Å². The Bertz CT molecular complexity index is 615. The van der Waals surface area contributed by atoms with E-state index >= 15 is 0 Å². The summed E-state index contributed by atoms with van der Waals surface area (Å²) in [6.45, 7) is 4.37. The zero-order valence-corrected chi connectivity index (χ0v) is 18.0. The highest BCUT2D eigenvalue weighted by molar-refractivity contribution is 5.43. The Hall–Kier alpha value is -1.38. The summed E-state index contributed by atoms with van der Waals surface area (Å²) in [5.74, 6) is -0.0488. The summed E-state index contributed by atoms with van der Waals surface area (Å²) in [5, 5.41) is 0. The molecule has 1 nitrogen and oxygen atoms in total. The largest absolute Gasteiger partial charge is 0.496 e. The Balaban J connectivity index is 2.06. The van der Waals surface area contributed by atoms with Gasteiger partial charge in [-0.05, 0) is 62.0 Å². The molecule has 1 aromatic carbocycles. The number of unbranched alkanes of at least 4 members (excludes halogenated alkanes) is 4. The van der Waals surface area contributed by atoms with Crippen molar-refractivity contribution in [1.29, 1.82) is 0 Å². The fourth-order valence-corrected chi connectivity index (χ4v) is 4.44. The van der Waals surface area contributed by atoms with Crippen LogP contribution in [0.1, 0.15) is 102 Å². The molecular formula is C25H38F2O. The van der Waals surface area contributed by atoms with E-state index in [1.54, 1.807) is 13.2 Å². The van der Waals surface area contributed by atoms with E-state index in [1.165, 1.54) is 25.7 Å². The van der Waals surface area contributed by atoms with E-state index in [0.717, 1.165) is 50.9 Å². The van der Waals surface area contributed by atoms with Gasteiger partial charge in [-0.3, -0.25) is 0 Å². The molecular weight excluding hydrogens is 354 g/mol. The Morgan fingerprint density at radius 1 is 0.964 bits per heavy atom. The van der Waals surface area contributed by atoms with Crippen LogP contribution in [0.5, 0.6) is 5.75 Å². The summed E-state index contributed by atoms with van der Waals surface area (Å²) in [5.41, 5.74) is 0.852. The van der Waals surface area contributed by atoms with Gasteiger partial charge in [0.1, 0.15) is 5.75 Å². The minimum Gasteiger partial charge on any atom is -0.496 e. The molecule has 1 aliphatic carbocycles. The Labute approximate surface area is 170 Å². The van der Waals surface area contributed by atoms with Gasteiger partial charge in [0.25, 0.3) is 0 Å². The predicted molar refractivity (Wildman–Crippen MR) is 114 cm³/mol. The molecule has 0 heterocycles. The monoisotopic (exact) mass is 392 g/mol. The van der Waals surface area contributed by atoms with E-state index in [0.29, 0.717) is 23.3 Å². The molecule has 0 saturated heterocycles. The summed E-state index contributed by atoms with van der Waals surface area (Å²) in [6.07, 6.45) is 16.8. The Morgan fingerprint density at radius 2 is 1.68 bits per heavy atom. The second kappa shape index (κ2) is 12.2. The number of hydrogen-bond acceptors (Lipinski definition) is 1. The smallest absolute Gasteiger partial charge is 0.166 e. The van der Waals surface area contributed by atoms with Crippen LogP contribution in [0, 0.1) is 17.6 Å². The van der Waals surface area contributed by atoms with Crippen molar-refractivity contribution in [2.24, 2.45) is 5.92 Å². The number of methoxy groups -OCH3 is 1. The van der Waals surface area contributed by atoms with Crippen LogP contribution in [0.3, 0.4) is 0 Å². The normalized spacial score (nSPS) is 20.0. The highest BCUT2D eigenvalue weighted by atomic mass is 19.2. The maximum Gasteiger partial charge on any atom is 0.166 e. The van der Waals surface area contributed by atoms with Crippen molar-refractivity contribution in [2.75, 3.05) is 7.11 Å². The standard InChI is InChI=1S/C25H38F2O/c1-4-6-8-9-11-13-21-18-22(28-3)23(25(27)24(21)26)20-16-14-19(15-17-20)12-10-7-5-2/h9,11,18-20H,4-8,10,12-17H2,1-3H3/b11-9+. The summed E-state index contributed by atoms with van der Waals surface area (Å²) >= 11 is 0. The van der Waals surface area contributed by atoms with E-state index in [-0.39, 0.29) is 5.92 Å². The molecule has 1 saturated carbocycles. The second-order valence-electron chi connectivity index (χ2n) is 8.31. The SMILES string of the molecule is CCCC/C=C/Cc1cc(OC)c(C2CCC(CCCCC)CC2)c(F)c1F. The average Bonchev–Trinajstić information content (AvgIpc) is 2.71. The third kappa shape index (κ3) is 6.32. The zero-order chi connectivity index (χ0) is 20.4. The number of allylic oxidation sites excluding steroid dienone is 2. The first-order valence-corrected chi connectivity index (χ1v) is 11.3. The first kappa shape index (κ1) is 22.9. The molecule has 0 atom stereocenters. The van der Waals surface area contributed by atoms with Crippen molar-refractivity contribution in [1.82, 2.24) is 0 Å².